The van der Waals surface area contributed by atoms with Crippen LogP contribution < -0.4 is 9.47 Å². The van der Waals surface area contributed by atoms with Gasteiger partial charge in [-0.2, -0.15) is 0 Å². The van der Waals surface area contributed by atoms with Crippen LogP contribution in [0.4, 0.5) is 0 Å². The van der Waals surface area contributed by atoms with Gasteiger partial charge < -0.3 is 18.9 Å². The highest BCUT2D eigenvalue weighted by Crippen LogP contribution is 2.33. The van der Waals surface area contributed by atoms with Gasteiger partial charge in [0.05, 0.1) is 13.2 Å². The molecule has 1 unspecified atom stereocenters. The van der Waals surface area contributed by atoms with E-state index in [4.69, 9.17) is 18.9 Å². The lowest BCUT2D eigenvalue weighted by atomic mass is 9.78. The van der Waals surface area contributed by atoms with Crippen molar-refractivity contribution in [3.63, 3.8) is 0 Å². The Hall–Kier alpha value is -2.04. The molecule has 1 heterocycles. The molecule has 0 amide bonds. The van der Waals surface area contributed by atoms with Crippen molar-refractivity contribution in [3.8, 4) is 11.5 Å². The molecule has 0 saturated carbocycles. The summed E-state index contributed by atoms with van der Waals surface area (Å²) in [4.78, 5) is 0. The molecule has 3 rings (SSSR count). The summed E-state index contributed by atoms with van der Waals surface area (Å²) >= 11 is 0. The van der Waals surface area contributed by atoms with Gasteiger partial charge in [-0.15, -0.1) is 0 Å². The molecule has 1 saturated heterocycles. The number of benzene rings is 2. The molecule has 2 aromatic carbocycles. The minimum Gasteiger partial charge on any atom is -0.494 e. The van der Waals surface area contributed by atoms with Crippen LogP contribution in [-0.2, 0) is 14.9 Å². The average molecular weight is 356 g/mol. The lowest BCUT2D eigenvalue weighted by Crippen LogP contribution is -2.18. The van der Waals surface area contributed by atoms with Crippen LogP contribution in [0.2, 0.25) is 0 Å². The summed E-state index contributed by atoms with van der Waals surface area (Å²) in [5.74, 6) is 1.78. The van der Waals surface area contributed by atoms with Gasteiger partial charge in [-0.1, -0.05) is 38.1 Å². The Morgan fingerprint density at radius 2 is 1.42 bits per heavy atom. The van der Waals surface area contributed by atoms with E-state index in [-0.39, 0.29) is 11.5 Å². The van der Waals surface area contributed by atoms with Gasteiger partial charge in [0.25, 0.3) is 0 Å². The van der Waals surface area contributed by atoms with Crippen LogP contribution in [0.15, 0.2) is 48.5 Å². The molecule has 0 aliphatic carbocycles. The van der Waals surface area contributed by atoms with Crippen molar-refractivity contribution in [1.29, 1.82) is 0 Å². The van der Waals surface area contributed by atoms with E-state index in [1.165, 1.54) is 11.1 Å². The maximum absolute atomic E-state index is 5.74. The van der Waals surface area contributed by atoms with Crippen LogP contribution >= 0.6 is 0 Å². The molecule has 4 nitrogen and oxygen atoms in total. The minimum atomic E-state index is -0.0906. The van der Waals surface area contributed by atoms with Gasteiger partial charge in [0.15, 0.2) is 0 Å². The van der Waals surface area contributed by atoms with Crippen LogP contribution in [0, 0.1) is 0 Å². The van der Waals surface area contributed by atoms with E-state index in [0.717, 1.165) is 31.1 Å². The van der Waals surface area contributed by atoms with E-state index >= 15 is 0 Å². The molecule has 26 heavy (non-hydrogen) atoms. The maximum atomic E-state index is 5.74. The highest BCUT2D eigenvalue weighted by molar-refractivity contribution is 5.41. The van der Waals surface area contributed by atoms with Crippen LogP contribution in [0.5, 0.6) is 11.5 Å². The van der Waals surface area contributed by atoms with Crippen molar-refractivity contribution in [1.82, 2.24) is 0 Å². The molecule has 0 spiro atoms. The van der Waals surface area contributed by atoms with Crippen molar-refractivity contribution >= 4 is 0 Å². The summed E-state index contributed by atoms with van der Waals surface area (Å²) in [7, 11) is 1.71. The number of ether oxygens (including phenoxy) is 4. The number of hydrogen-bond donors (Lipinski definition) is 0. The highest BCUT2D eigenvalue weighted by Gasteiger charge is 2.24. The molecule has 0 N–H and O–H groups in total. The predicted octanol–water partition coefficient (Wildman–Crippen LogP) is 4.21. The fraction of sp³-hybridized carbons (Fsp3) is 0.455. The first-order valence-corrected chi connectivity index (χ1v) is 9.17. The number of rotatable bonds is 10. The summed E-state index contributed by atoms with van der Waals surface area (Å²) in [6.45, 7) is 7.30. The largest absolute Gasteiger partial charge is 0.494 e. The zero-order valence-electron chi connectivity index (χ0n) is 15.9. The Bertz CT molecular complexity index is 672. The molecule has 1 aliphatic rings. The fourth-order valence-electron chi connectivity index (χ4n) is 2.85. The number of epoxide rings is 1. The first kappa shape index (κ1) is 18.7. The van der Waals surface area contributed by atoms with Crippen LogP contribution in [0.1, 0.15) is 31.4 Å². The first-order chi connectivity index (χ1) is 12.6. The van der Waals surface area contributed by atoms with Crippen molar-refractivity contribution < 1.29 is 18.9 Å². The van der Waals surface area contributed by atoms with E-state index in [1.807, 2.05) is 24.3 Å². The maximum Gasteiger partial charge on any atom is 0.119 e. The molecule has 0 radical (unpaired) electrons. The SMILES string of the molecule is COCCCOc1ccc(C(C)(C)c2ccc(OCC3CO3)cc2)cc1. The van der Waals surface area contributed by atoms with Gasteiger partial charge in [-0.05, 0) is 35.4 Å². The summed E-state index contributed by atoms with van der Waals surface area (Å²) < 4.78 is 21.7. The normalized spacial score (nSPS) is 16.3. The zero-order valence-corrected chi connectivity index (χ0v) is 15.9. The van der Waals surface area contributed by atoms with Crippen molar-refractivity contribution in [2.75, 3.05) is 33.5 Å². The van der Waals surface area contributed by atoms with Crippen molar-refractivity contribution in [2.45, 2.75) is 31.8 Å². The summed E-state index contributed by atoms with van der Waals surface area (Å²) in [5, 5.41) is 0. The quantitative estimate of drug-likeness (QED) is 0.472. The van der Waals surface area contributed by atoms with Crippen LogP contribution in [0.3, 0.4) is 0 Å². The van der Waals surface area contributed by atoms with Crippen LogP contribution in [0.25, 0.3) is 0 Å². The van der Waals surface area contributed by atoms with Gasteiger partial charge >= 0.3 is 0 Å². The smallest absolute Gasteiger partial charge is 0.119 e. The van der Waals surface area contributed by atoms with E-state index in [2.05, 4.69) is 38.1 Å². The number of methoxy groups -OCH3 is 1. The number of hydrogen-bond acceptors (Lipinski definition) is 4. The fourth-order valence-corrected chi connectivity index (χ4v) is 2.85. The second-order valence-electron chi connectivity index (χ2n) is 7.13. The average Bonchev–Trinajstić information content (AvgIpc) is 3.49. The van der Waals surface area contributed by atoms with Crippen molar-refractivity contribution in [2.24, 2.45) is 0 Å². The minimum absolute atomic E-state index is 0.0906. The first-order valence-electron chi connectivity index (χ1n) is 9.17. The summed E-state index contributed by atoms with van der Waals surface area (Å²) in [6, 6.07) is 16.7. The molecule has 140 valence electrons. The lowest BCUT2D eigenvalue weighted by molar-refractivity contribution is 0.172. The highest BCUT2D eigenvalue weighted by atomic mass is 16.6. The third-order valence-corrected chi connectivity index (χ3v) is 4.75. The second-order valence-corrected chi connectivity index (χ2v) is 7.13. The van der Waals surface area contributed by atoms with Gasteiger partial charge in [-0.3, -0.25) is 0 Å². The summed E-state index contributed by atoms with van der Waals surface area (Å²) in [5.41, 5.74) is 2.41. The van der Waals surface area contributed by atoms with Crippen LogP contribution in [-0.4, -0.2) is 39.6 Å². The molecule has 0 aromatic heterocycles. The zero-order chi connectivity index (χ0) is 18.4. The Morgan fingerprint density at radius 3 is 1.92 bits per heavy atom. The molecule has 1 atom stereocenters. The Kier molecular flexibility index (Phi) is 6.17. The second kappa shape index (κ2) is 8.56. The van der Waals surface area contributed by atoms with Gasteiger partial charge in [-0.25, -0.2) is 0 Å². The van der Waals surface area contributed by atoms with Gasteiger partial charge in [0, 0.05) is 25.6 Å². The molecular formula is C22H28O4. The molecule has 4 heteroatoms. The predicted molar refractivity (Wildman–Crippen MR) is 102 cm³/mol. The summed E-state index contributed by atoms with van der Waals surface area (Å²) in [6.07, 6.45) is 1.17. The third kappa shape index (κ3) is 4.99. The Labute approximate surface area is 156 Å². The van der Waals surface area contributed by atoms with E-state index in [0.29, 0.717) is 13.2 Å². The standard InChI is InChI=1S/C22H28O4/c1-22(2,17-5-9-19(10-6-17)24-14-4-13-23-3)18-7-11-20(12-8-18)25-15-21-16-26-21/h5-12,21H,4,13-16H2,1-3H3. The van der Waals surface area contributed by atoms with Gasteiger partial charge in [0.1, 0.15) is 24.2 Å². The molecule has 1 fully saturated rings. The molecule has 2 aromatic rings. The van der Waals surface area contributed by atoms with Crippen molar-refractivity contribution in [3.05, 3.63) is 59.7 Å². The monoisotopic (exact) mass is 356 g/mol. The van der Waals surface area contributed by atoms with E-state index < -0.39 is 0 Å². The molecule has 1 aliphatic heterocycles. The Morgan fingerprint density at radius 1 is 0.885 bits per heavy atom. The Balaban J connectivity index is 1.60. The van der Waals surface area contributed by atoms with Gasteiger partial charge in [0.2, 0.25) is 0 Å². The molecule has 0 bridgehead atoms. The molecular weight excluding hydrogens is 328 g/mol. The van der Waals surface area contributed by atoms with E-state index in [1.54, 1.807) is 7.11 Å². The van der Waals surface area contributed by atoms with E-state index in [9.17, 15) is 0 Å². The topological polar surface area (TPSA) is 40.2 Å². The lowest BCUT2D eigenvalue weighted by Gasteiger charge is -2.26. The third-order valence-electron chi connectivity index (χ3n) is 4.75.